The molecule has 1 amide bonds. The van der Waals surface area contributed by atoms with Gasteiger partial charge in [-0.15, -0.1) is 0 Å². The van der Waals surface area contributed by atoms with Crippen LogP contribution in [0.4, 0.5) is 5.69 Å². The van der Waals surface area contributed by atoms with E-state index in [-0.39, 0.29) is 11.7 Å². The van der Waals surface area contributed by atoms with E-state index < -0.39 is 0 Å². The highest BCUT2D eigenvalue weighted by molar-refractivity contribution is 6.11. The number of hydrogen-bond donors (Lipinski definition) is 2. The molecule has 7 nitrogen and oxygen atoms in total. The van der Waals surface area contributed by atoms with Gasteiger partial charge in [0.15, 0.2) is 11.5 Å². The molecule has 1 aliphatic rings. The summed E-state index contributed by atoms with van der Waals surface area (Å²) in [5.74, 6) is 1.45. The van der Waals surface area contributed by atoms with Crippen LogP contribution in [-0.4, -0.2) is 43.9 Å². The summed E-state index contributed by atoms with van der Waals surface area (Å²) < 4.78 is 16.4. The minimum atomic E-state index is -0.176. The van der Waals surface area contributed by atoms with Gasteiger partial charge in [-0.05, 0) is 29.5 Å². The summed E-state index contributed by atoms with van der Waals surface area (Å²) in [6, 6.07) is 13.0. The van der Waals surface area contributed by atoms with Gasteiger partial charge in [0, 0.05) is 23.4 Å². The lowest BCUT2D eigenvalue weighted by molar-refractivity contribution is 0.0985. The second-order valence-electron chi connectivity index (χ2n) is 7.44. The minimum Gasteiger partial charge on any atom is -0.507 e. The molecule has 1 aliphatic heterocycles. The molecule has 0 spiro atoms. The topological polar surface area (TPSA) is 84.0 Å². The second-order valence-corrected chi connectivity index (χ2v) is 7.44. The van der Waals surface area contributed by atoms with Crippen LogP contribution < -0.4 is 19.1 Å². The molecule has 0 aliphatic carbocycles. The van der Waals surface area contributed by atoms with Gasteiger partial charge in [0.1, 0.15) is 11.4 Å². The number of rotatable bonds is 4. The van der Waals surface area contributed by atoms with Crippen LogP contribution in [0.25, 0.3) is 21.7 Å². The number of carbonyl (C=O) groups excluding carboxylic acids is 1. The SMILES string of the molecule is COc1cc2cc(C(=O)N3CCc4c3cc(O)c3ccccc43)[nH]c2c(OC)c1OC. The van der Waals surface area contributed by atoms with Crippen molar-refractivity contribution in [1.29, 1.82) is 0 Å². The molecule has 0 atom stereocenters. The number of nitrogens with zero attached hydrogens (tertiary/aromatic N) is 1. The van der Waals surface area contributed by atoms with E-state index in [0.29, 0.717) is 35.0 Å². The Labute approximate surface area is 178 Å². The normalized spacial score (nSPS) is 12.9. The van der Waals surface area contributed by atoms with Gasteiger partial charge in [-0.3, -0.25) is 4.79 Å². The van der Waals surface area contributed by atoms with E-state index in [1.165, 1.54) is 0 Å². The molecule has 5 rings (SSSR count). The number of aromatic hydroxyl groups is 1. The molecule has 4 aromatic rings. The van der Waals surface area contributed by atoms with Crippen molar-refractivity contribution in [3.05, 3.63) is 53.7 Å². The predicted octanol–water partition coefficient (Wildman–Crippen LogP) is 4.26. The summed E-state index contributed by atoms with van der Waals surface area (Å²) >= 11 is 0. The van der Waals surface area contributed by atoms with Crippen molar-refractivity contribution in [2.75, 3.05) is 32.8 Å². The van der Waals surface area contributed by atoms with Crippen molar-refractivity contribution in [3.8, 4) is 23.0 Å². The van der Waals surface area contributed by atoms with Crippen molar-refractivity contribution in [2.24, 2.45) is 0 Å². The van der Waals surface area contributed by atoms with Gasteiger partial charge >= 0.3 is 0 Å². The highest BCUT2D eigenvalue weighted by Crippen LogP contribution is 2.44. The number of aromatic nitrogens is 1. The van der Waals surface area contributed by atoms with E-state index in [1.54, 1.807) is 44.4 Å². The summed E-state index contributed by atoms with van der Waals surface area (Å²) in [7, 11) is 4.64. The average molecular weight is 418 g/mol. The van der Waals surface area contributed by atoms with Crippen molar-refractivity contribution in [2.45, 2.75) is 6.42 Å². The molecular formula is C24H22N2O5. The van der Waals surface area contributed by atoms with E-state index in [9.17, 15) is 9.90 Å². The largest absolute Gasteiger partial charge is 0.507 e. The molecule has 7 heteroatoms. The third kappa shape index (κ3) is 2.77. The molecule has 0 saturated carbocycles. The predicted molar refractivity (Wildman–Crippen MR) is 119 cm³/mol. The Bertz CT molecular complexity index is 1340. The Kier molecular flexibility index (Phi) is 4.39. The van der Waals surface area contributed by atoms with Gasteiger partial charge in [0.05, 0.1) is 32.5 Å². The number of nitrogens with one attached hydrogen (secondary N) is 1. The molecule has 2 N–H and O–H groups in total. The van der Waals surface area contributed by atoms with Crippen LogP contribution in [0.15, 0.2) is 42.5 Å². The Morgan fingerprint density at radius 1 is 1.00 bits per heavy atom. The third-order valence-corrected chi connectivity index (χ3v) is 5.88. The number of amides is 1. The van der Waals surface area contributed by atoms with Crippen molar-refractivity contribution in [3.63, 3.8) is 0 Å². The third-order valence-electron chi connectivity index (χ3n) is 5.88. The van der Waals surface area contributed by atoms with E-state index >= 15 is 0 Å². The molecule has 1 aromatic heterocycles. The summed E-state index contributed by atoms with van der Waals surface area (Å²) in [4.78, 5) is 18.3. The lowest BCUT2D eigenvalue weighted by Gasteiger charge is -2.17. The molecule has 31 heavy (non-hydrogen) atoms. The molecule has 0 saturated heterocycles. The first-order valence-corrected chi connectivity index (χ1v) is 9.94. The minimum absolute atomic E-state index is 0.168. The first-order chi connectivity index (χ1) is 15.1. The maximum Gasteiger partial charge on any atom is 0.274 e. The zero-order valence-corrected chi connectivity index (χ0v) is 17.5. The fraction of sp³-hybridized carbons (Fsp3) is 0.208. The van der Waals surface area contributed by atoms with Crippen LogP contribution in [0.3, 0.4) is 0 Å². The molecule has 0 radical (unpaired) electrons. The monoisotopic (exact) mass is 418 g/mol. The number of anilines is 1. The molecule has 0 unspecified atom stereocenters. The maximum atomic E-state index is 13.4. The Morgan fingerprint density at radius 2 is 1.74 bits per heavy atom. The average Bonchev–Trinajstić information content (AvgIpc) is 3.41. The lowest BCUT2D eigenvalue weighted by Crippen LogP contribution is -2.29. The number of ether oxygens (including phenoxy) is 3. The van der Waals surface area contributed by atoms with E-state index in [0.717, 1.165) is 33.8 Å². The molecule has 0 bridgehead atoms. The van der Waals surface area contributed by atoms with E-state index in [1.807, 2.05) is 24.3 Å². The van der Waals surface area contributed by atoms with Crippen LogP contribution >= 0.6 is 0 Å². The van der Waals surface area contributed by atoms with Gasteiger partial charge < -0.3 is 29.2 Å². The summed E-state index contributed by atoms with van der Waals surface area (Å²) in [5, 5.41) is 13.1. The number of fused-ring (bicyclic) bond motifs is 4. The number of aromatic amines is 1. The van der Waals surface area contributed by atoms with Crippen LogP contribution in [0.1, 0.15) is 16.1 Å². The summed E-state index contributed by atoms with van der Waals surface area (Å²) in [6.07, 6.45) is 0.729. The van der Waals surface area contributed by atoms with E-state index in [4.69, 9.17) is 14.2 Å². The molecule has 2 heterocycles. The first-order valence-electron chi connectivity index (χ1n) is 9.94. The van der Waals surface area contributed by atoms with Crippen LogP contribution in [0.5, 0.6) is 23.0 Å². The smallest absolute Gasteiger partial charge is 0.274 e. The number of phenols is 1. The second kappa shape index (κ2) is 7.12. The molecule has 0 fully saturated rings. The number of hydrogen-bond acceptors (Lipinski definition) is 5. The summed E-state index contributed by atoms with van der Waals surface area (Å²) in [5.41, 5.74) is 2.88. The van der Waals surface area contributed by atoms with Crippen LogP contribution in [0.2, 0.25) is 0 Å². The lowest BCUT2D eigenvalue weighted by atomic mass is 10.0. The Hall–Kier alpha value is -3.87. The standard InChI is InChI=1S/C24H22N2O5/c1-29-20-11-13-10-17(25-21(13)23(31-3)22(20)30-2)24(28)26-9-8-15-14-6-4-5-7-16(14)19(27)12-18(15)26/h4-7,10-12,25,27H,8-9H2,1-3H3. The van der Waals surface area contributed by atoms with E-state index in [2.05, 4.69) is 4.98 Å². The summed E-state index contributed by atoms with van der Waals surface area (Å²) in [6.45, 7) is 0.542. The van der Waals surface area contributed by atoms with Crippen molar-refractivity contribution < 1.29 is 24.1 Å². The Balaban J connectivity index is 1.61. The number of carbonyl (C=O) groups is 1. The number of H-pyrrole nitrogens is 1. The van der Waals surface area contributed by atoms with Gasteiger partial charge in [-0.2, -0.15) is 0 Å². The number of benzene rings is 3. The highest BCUT2D eigenvalue weighted by atomic mass is 16.5. The molecular weight excluding hydrogens is 396 g/mol. The van der Waals surface area contributed by atoms with Gasteiger partial charge in [-0.25, -0.2) is 0 Å². The van der Waals surface area contributed by atoms with Gasteiger partial charge in [0.25, 0.3) is 5.91 Å². The Morgan fingerprint density at radius 3 is 2.45 bits per heavy atom. The number of methoxy groups -OCH3 is 3. The quantitative estimate of drug-likeness (QED) is 0.518. The molecule has 3 aromatic carbocycles. The first kappa shape index (κ1) is 19.1. The fourth-order valence-electron chi connectivity index (χ4n) is 4.47. The highest BCUT2D eigenvalue weighted by Gasteiger charge is 2.30. The number of phenolic OH excluding ortho intramolecular Hbond substituents is 1. The van der Waals surface area contributed by atoms with Crippen LogP contribution in [-0.2, 0) is 6.42 Å². The molecule has 158 valence electrons. The van der Waals surface area contributed by atoms with Gasteiger partial charge in [-0.1, -0.05) is 24.3 Å². The van der Waals surface area contributed by atoms with Crippen LogP contribution in [0, 0.1) is 0 Å². The van der Waals surface area contributed by atoms with Crippen molar-refractivity contribution >= 4 is 33.3 Å². The zero-order valence-electron chi connectivity index (χ0n) is 17.5. The zero-order chi connectivity index (χ0) is 21.7. The van der Waals surface area contributed by atoms with Crippen molar-refractivity contribution in [1.82, 2.24) is 4.98 Å². The fourth-order valence-corrected chi connectivity index (χ4v) is 4.47. The van der Waals surface area contributed by atoms with Gasteiger partial charge in [0.2, 0.25) is 5.75 Å². The maximum absolute atomic E-state index is 13.4.